The molecule has 1 aliphatic heterocycles. The van der Waals surface area contributed by atoms with Gasteiger partial charge in [0.05, 0.1) is 11.9 Å². The summed E-state index contributed by atoms with van der Waals surface area (Å²) >= 11 is 0. The minimum absolute atomic E-state index is 0.0953. The molecule has 1 aliphatic rings. The van der Waals surface area contributed by atoms with E-state index in [2.05, 4.69) is 25.9 Å². The number of anilines is 2. The van der Waals surface area contributed by atoms with Crippen molar-refractivity contribution in [3.8, 4) is 11.3 Å². The van der Waals surface area contributed by atoms with Crippen LogP contribution in [0.4, 0.5) is 20.4 Å². The van der Waals surface area contributed by atoms with Gasteiger partial charge in [0.15, 0.2) is 11.6 Å². The predicted molar refractivity (Wildman–Crippen MR) is 143 cm³/mol. The lowest BCUT2D eigenvalue weighted by Crippen LogP contribution is -2.51. The van der Waals surface area contributed by atoms with Gasteiger partial charge in [0.25, 0.3) is 0 Å². The number of hydrogen-bond donors (Lipinski definition) is 4. The first-order valence-corrected chi connectivity index (χ1v) is 12.7. The van der Waals surface area contributed by atoms with Gasteiger partial charge in [-0.2, -0.15) is 0 Å². The summed E-state index contributed by atoms with van der Waals surface area (Å²) in [6.45, 7) is 6.89. The normalized spacial score (nSPS) is 17.7. The van der Waals surface area contributed by atoms with Crippen molar-refractivity contribution in [2.24, 2.45) is 0 Å². The molecule has 10 heteroatoms. The number of nitrogens with two attached hydrogens (primary N) is 1. The van der Waals surface area contributed by atoms with Crippen LogP contribution < -0.4 is 21.7 Å². The maximum Gasteiger partial charge on any atom is 0.323 e. The second kappa shape index (κ2) is 11.8. The summed E-state index contributed by atoms with van der Waals surface area (Å²) in [5, 5.41) is 9.67. The summed E-state index contributed by atoms with van der Waals surface area (Å²) < 4.78 is 33.4. The van der Waals surface area contributed by atoms with Gasteiger partial charge in [-0.25, -0.2) is 18.7 Å². The summed E-state index contributed by atoms with van der Waals surface area (Å²) in [4.78, 5) is 21.1. The molecule has 0 saturated carbocycles. The summed E-state index contributed by atoms with van der Waals surface area (Å²) in [6.07, 6.45) is 3.15. The third-order valence-corrected chi connectivity index (χ3v) is 6.23. The fourth-order valence-corrected chi connectivity index (χ4v) is 4.25. The molecular weight excluding hydrogens is 490 g/mol. The highest BCUT2D eigenvalue weighted by molar-refractivity contribution is 5.76. The molecule has 38 heavy (non-hydrogen) atoms. The van der Waals surface area contributed by atoms with Crippen molar-refractivity contribution < 1.29 is 18.3 Å². The molecule has 0 radical (unpaired) electrons. The number of nitrogens with one attached hydrogen (secondary N) is 3. The highest BCUT2D eigenvalue weighted by Gasteiger charge is 2.30. The Labute approximate surface area is 221 Å². The number of aromatic nitrogens is 2. The number of hydrogen-bond acceptors (Lipinski definition) is 8. The Hall–Kier alpha value is -3.63. The highest BCUT2D eigenvalue weighted by atomic mass is 19.1. The van der Waals surface area contributed by atoms with Gasteiger partial charge < -0.3 is 26.4 Å². The van der Waals surface area contributed by atoms with Crippen LogP contribution in [0.5, 0.6) is 0 Å². The van der Waals surface area contributed by atoms with E-state index in [-0.39, 0.29) is 41.8 Å². The van der Waals surface area contributed by atoms with Crippen LogP contribution in [-0.4, -0.2) is 40.2 Å². The number of carbonyl (C=O) groups is 1. The molecule has 0 bridgehead atoms. The summed E-state index contributed by atoms with van der Waals surface area (Å²) in [6, 6.07) is 11.5. The Kier molecular flexibility index (Phi) is 8.53. The Bertz CT molecular complexity index is 1240. The third kappa shape index (κ3) is 7.23. The summed E-state index contributed by atoms with van der Waals surface area (Å²) in [5.74, 6) is -1.12. The Morgan fingerprint density at radius 3 is 2.53 bits per heavy atom. The van der Waals surface area contributed by atoms with E-state index in [9.17, 15) is 13.6 Å². The molecule has 0 aliphatic carbocycles. The van der Waals surface area contributed by atoms with Gasteiger partial charge >= 0.3 is 5.97 Å². The number of benzene rings is 2. The summed E-state index contributed by atoms with van der Waals surface area (Å²) in [7, 11) is 0. The van der Waals surface area contributed by atoms with Crippen molar-refractivity contribution in [1.29, 1.82) is 0 Å². The lowest BCUT2D eigenvalue weighted by Gasteiger charge is -2.31. The first kappa shape index (κ1) is 27.4. The number of rotatable bonds is 8. The van der Waals surface area contributed by atoms with Gasteiger partial charge in [0.1, 0.15) is 23.3 Å². The molecule has 5 N–H and O–H groups in total. The second-order valence-electron chi connectivity index (χ2n) is 10.4. The van der Waals surface area contributed by atoms with E-state index in [1.54, 1.807) is 6.20 Å². The quantitative estimate of drug-likeness (QED) is 0.325. The standard InChI is InChI=1S/C28H34F2N6O2/c1-28(2,3)38-27(37)23-13-19(11-12-32-23)33-14-17-7-9-18(10-8-17)24-16-34-25(31)26(36-24)35-15-20-21(29)5-4-6-22(20)30/h4-10,16,19,23,32-33H,11-15H2,1-3H3,(H2,31,34)(H,35,36)/t19?,23-/m1/s1. The lowest BCUT2D eigenvalue weighted by atomic mass is 9.98. The second-order valence-corrected chi connectivity index (χ2v) is 10.4. The van der Waals surface area contributed by atoms with Gasteiger partial charge in [-0.3, -0.25) is 4.79 Å². The minimum atomic E-state index is -0.644. The Balaban J connectivity index is 1.35. The molecular formula is C28H34F2N6O2. The largest absolute Gasteiger partial charge is 0.459 e. The smallest absolute Gasteiger partial charge is 0.323 e. The van der Waals surface area contributed by atoms with Crippen LogP contribution in [0.3, 0.4) is 0 Å². The SMILES string of the molecule is CC(C)(C)OC(=O)[C@H]1CC(NCc2ccc(-c3cnc(N)c(NCc4c(F)cccc4F)n3)cc2)CCN1. The van der Waals surface area contributed by atoms with E-state index in [0.717, 1.165) is 24.1 Å². The van der Waals surface area contributed by atoms with Gasteiger partial charge in [0.2, 0.25) is 0 Å². The number of nitrogen functional groups attached to an aromatic ring is 1. The molecule has 2 atom stereocenters. The number of esters is 1. The van der Waals surface area contributed by atoms with Crippen LogP contribution in [0.25, 0.3) is 11.3 Å². The average molecular weight is 525 g/mol. The van der Waals surface area contributed by atoms with E-state index >= 15 is 0 Å². The monoisotopic (exact) mass is 524 g/mol. The van der Waals surface area contributed by atoms with E-state index in [4.69, 9.17) is 10.5 Å². The van der Waals surface area contributed by atoms with E-state index < -0.39 is 17.2 Å². The molecule has 202 valence electrons. The minimum Gasteiger partial charge on any atom is -0.459 e. The van der Waals surface area contributed by atoms with Crippen LogP contribution in [0, 0.1) is 11.6 Å². The number of ether oxygens (including phenoxy) is 1. The topological polar surface area (TPSA) is 114 Å². The van der Waals surface area contributed by atoms with Crippen molar-refractivity contribution in [3.05, 3.63) is 71.4 Å². The van der Waals surface area contributed by atoms with Crippen molar-refractivity contribution in [2.45, 2.75) is 64.4 Å². The molecule has 2 heterocycles. The van der Waals surface area contributed by atoms with Gasteiger partial charge in [0, 0.05) is 30.3 Å². The highest BCUT2D eigenvalue weighted by Crippen LogP contribution is 2.23. The number of nitrogens with zero attached hydrogens (tertiary/aromatic N) is 2. The van der Waals surface area contributed by atoms with Crippen LogP contribution in [0.2, 0.25) is 0 Å². The van der Waals surface area contributed by atoms with E-state index in [0.29, 0.717) is 18.7 Å². The zero-order valence-corrected chi connectivity index (χ0v) is 21.9. The lowest BCUT2D eigenvalue weighted by molar-refractivity contribution is -0.158. The van der Waals surface area contributed by atoms with Crippen molar-refractivity contribution in [1.82, 2.24) is 20.6 Å². The number of halogens is 2. The van der Waals surface area contributed by atoms with Crippen LogP contribution in [-0.2, 0) is 22.6 Å². The van der Waals surface area contributed by atoms with Crippen LogP contribution in [0.15, 0.2) is 48.7 Å². The first-order valence-electron chi connectivity index (χ1n) is 12.7. The zero-order chi connectivity index (χ0) is 27.3. The summed E-state index contributed by atoms with van der Waals surface area (Å²) in [5.41, 5.74) is 7.82. The Morgan fingerprint density at radius 1 is 1.13 bits per heavy atom. The van der Waals surface area contributed by atoms with Gasteiger partial charge in [-0.05, 0) is 57.9 Å². The average Bonchev–Trinajstić information content (AvgIpc) is 2.88. The van der Waals surface area contributed by atoms with Gasteiger partial charge in [-0.1, -0.05) is 30.3 Å². The van der Waals surface area contributed by atoms with Crippen molar-refractivity contribution in [3.63, 3.8) is 0 Å². The number of carbonyl (C=O) groups excluding carboxylic acids is 1. The maximum absolute atomic E-state index is 14.0. The fraction of sp³-hybridized carbons (Fsp3) is 0.393. The van der Waals surface area contributed by atoms with Gasteiger partial charge in [-0.15, -0.1) is 0 Å². The molecule has 4 rings (SSSR count). The molecule has 0 spiro atoms. The van der Waals surface area contributed by atoms with Crippen molar-refractivity contribution >= 4 is 17.6 Å². The predicted octanol–water partition coefficient (Wildman–Crippen LogP) is 4.17. The van der Waals surface area contributed by atoms with E-state index in [1.807, 2.05) is 45.0 Å². The molecule has 1 unspecified atom stereocenters. The van der Waals surface area contributed by atoms with Crippen LogP contribution in [0.1, 0.15) is 44.7 Å². The molecule has 3 aromatic rings. The molecule has 1 fully saturated rings. The molecule has 1 saturated heterocycles. The first-order chi connectivity index (χ1) is 18.1. The number of piperidine rings is 1. The molecule has 0 amide bonds. The van der Waals surface area contributed by atoms with Crippen LogP contribution >= 0.6 is 0 Å². The molecule has 2 aromatic carbocycles. The maximum atomic E-state index is 14.0. The van der Waals surface area contributed by atoms with E-state index in [1.165, 1.54) is 18.2 Å². The zero-order valence-electron chi connectivity index (χ0n) is 21.9. The van der Waals surface area contributed by atoms with Crippen molar-refractivity contribution in [2.75, 3.05) is 17.6 Å². The fourth-order valence-electron chi connectivity index (χ4n) is 4.25. The molecule has 1 aromatic heterocycles. The third-order valence-electron chi connectivity index (χ3n) is 6.23. The Morgan fingerprint density at radius 2 is 1.84 bits per heavy atom. The molecule has 8 nitrogen and oxygen atoms in total.